The van der Waals surface area contributed by atoms with E-state index < -0.39 is 0 Å². The zero-order valence-electron chi connectivity index (χ0n) is 11.2. The number of hydrogen-bond donors (Lipinski definition) is 2. The zero-order chi connectivity index (χ0) is 13.8. The van der Waals surface area contributed by atoms with Gasteiger partial charge in [0.15, 0.2) is 0 Å². The molecule has 2 rings (SSSR count). The van der Waals surface area contributed by atoms with Crippen LogP contribution >= 0.6 is 0 Å². The molecule has 1 saturated heterocycles. The van der Waals surface area contributed by atoms with Gasteiger partial charge in [-0.15, -0.1) is 0 Å². The summed E-state index contributed by atoms with van der Waals surface area (Å²) in [4.78, 5) is 22.4. The second-order valence-electron chi connectivity index (χ2n) is 4.38. The third kappa shape index (κ3) is 3.11. The van der Waals surface area contributed by atoms with Gasteiger partial charge in [0, 0.05) is 19.2 Å². The van der Waals surface area contributed by atoms with Crippen molar-refractivity contribution in [2.45, 2.75) is 19.9 Å². The number of nitrogens with zero attached hydrogens (tertiary/aromatic N) is 3. The topological polar surface area (TPSA) is 93.4 Å². The highest BCUT2D eigenvalue weighted by Gasteiger charge is 2.30. The van der Waals surface area contributed by atoms with E-state index in [1.807, 2.05) is 11.8 Å². The Morgan fingerprint density at radius 2 is 2.42 bits per heavy atom. The molecular formula is C12H19N5O2. The molecule has 3 N–H and O–H groups in total. The van der Waals surface area contributed by atoms with Crippen LogP contribution in [0.4, 0.5) is 11.6 Å². The molecule has 1 atom stereocenters. The first kappa shape index (κ1) is 13.5. The van der Waals surface area contributed by atoms with Gasteiger partial charge in [-0.1, -0.05) is 0 Å². The Morgan fingerprint density at radius 1 is 1.63 bits per heavy atom. The molecule has 1 fully saturated rings. The molecule has 7 nitrogen and oxygen atoms in total. The summed E-state index contributed by atoms with van der Waals surface area (Å²) in [5, 5.41) is 2.81. The van der Waals surface area contributed by atoms with Crippen LogP contribution in [-0.2, 0) is 9.53 Å². The fraction of sp³-hybridized carbons (Fsp3) is 0.583. The van der Waals surface area contributed by atoms with E-state index in [4.69, 9.17) is 10.5 Å². The molecule has 1 aromatic heterocycles. The van der Waals surface area contributed by atoms with Crippen LogP contribution in [0.3, 0.4) is 0 Å². The van der Waals surface area contributed by atoms with E-state index >= 15 is 0 Å². The van der Waals surface area contributed by atoms with E-state index in [1.165, 1.54) is 0 Å². The predicted octanol–water partition coefficient (Wildman–Crippen LogP) is -0.291. The first-order chi connectivity index (χ1) is 9.11. The number of anilines is 2. The number of carbonyl (C=O) groups is 1. The number of morpholine rings is 1. The molecular weight excluding hydrogens is 246 g/mol. The Balaban J connectivity index is 2.25. The summed E-state index contributed by atoms with van der Waals surface area (Å²) in [6, 6.07) is 1.31. The van der Waals surface area contributed by atoms with Crippen LogP contribution in [0, 0.1) is 6.92 Å². The molecule has 0 aromatic carbocycles. The molecule has 1 aliphatic heterocycles. The summed E-state index contributed by atoms with van der Waals surface area (Å²) in [6.07, 6.45) is 0. The SMILES string of the molecule is CCNC(=O)C1COCCN1c1cc(N)nc(C)n1. The number of amides is 1. The predicted molar refractivity (Wildman–Crippen MR) is 71.8 cm³/mol. The Kier molecular flexibility index (Phi) is 4.16. The van der Waals surface area contributed by atoms with E-state index in [2.05, 4.69) is 15.3 Å². The average Bonchev–Trinajstić information content (AvgIpc) is 2.38. The van der Waals surface area contributed by atoms with Gasteiger partial charge in [0.05, 0.1) is 13.2 Å². The van der Waals surface area contributed by atoms with Crippen molar-refractivity contribution in [2.75, 3.05) is 36.9 Å². The summed E-state index contributed by atoms with van der Waals surface area (Å²) >= 11 is 0. The van der Waals surface area contributed by atoms with Gasteiger partial charge in [0.2, 0.25) is 5.91 Å². The van der Waals surface area contributed by atoms with Crippen molar-refractivity contribution in [1.82, 2.24) is 15.3 Å². The smallest absolute Gasteiger partial charge is 0.245 e. The minimum atomic E-state index is -0.373. The molecule has 19 heavy (non-hydrogen) atoms. The second kappa shape index (κ2) is 5.83. The summed E-state index contributed by atoms with van der Waals surface area (Å²) in [7, 11) is 0. The molecule has 0 bridgehead atoms. The maximum atomic E-state index is 12.0. The molecule has 0 spiro atoms. The maximum absolute atomic E-state index is 12.0. The molecule has 7 heteroatoms. The molecule has 1 aromatic rings. The van der Waals surface area contributed by atoms with Crippen LogP contribution in [0.15, 0.2) is 6.07 Å². The molecule has 0 aliphatic carbocycles. The summed E-state index contributed by atoms with van der Waals surface area (Å²) in [5.74, 6) is 1.61. The van der Waals surface area contributed by atoms with Gasteiger partial charge >= 0.3 is 0 Å². The number of aryl methyl sites for hydroxylation is 1. The van der Waals surface area contributed by atoms with Gasteiger partial charge in [0.25, 0.3) is 0 Å². The lowest BCUT2D eigenvalue weighted by Gasteiger charge is -2.35. The fourth-order valence-corrected chi connectivity index (χ4v) is 2.11. The van der Waals surface area contributed by atoms with E-state index in [1.54, 1.807) is 13.0 Å². The quantitative estimate of drug-likeness (QED) is 0.780. The Bertz CT molecular complexity index is 445. The highest BCUT2D eigenvalue weighted by atomic mass is 16.5. The van der Waals surface area contributed by atoms with Crippen molar-refractivity contribution in [3.63, 3.8) is 0 Å². The monoisotopic (exact) mass is 265 g/mol. The molecule has 0 radical (unpaired) electrons. The molecule has 2 heterocycles. The van der Waals surface area contributed by atoms with Crippen molar-refractivity contribution in [3.05, 3.63) is 11.9 Å². The molecule has 1 amide bonds. The van der Waals surface area contributed by atoms with Gasteiger partial charge in [-0.2, -0.15) is 0 Å². The highest BCUT2D eigenvalue weighted by Crippen LogP contribution is 2.19. The number of rotatable bonds is 3. The van der Waals surface area contributed by atoms with E-state index in [-0.39, 0.29) is 11.9 Å². The molecule has 1 unspecified atom stereocenters. The van der Waals surface area contributed by atoms with Gasteiger partial charge < -0.3 is 20.7 Å². The van der Waals surface area contributed by atoms with Gasteiger partial charge in [-0.3, -0.25) is 4.79 Å². The molecule has 104 valence electrons. The van der Waals surface area contributed by atoms with E-state index in [0.717, 1.165) is 0 Å². The number of nitrogens with two attached hydrogens (primary N) is 1. The molecule has 0 saturated carbocycles. The van der Waals surface area contributed by atoms with Gasteiger partial charge in [-0.05, 0) is 13.8 Å². The van der Waals surface area contributed by atoms with Crippen LogP contribution in [0.5, 0.6) is 0 Å². The highest BCUT2D eigenvalue weighted by molar-refractivity contribution is 5.85. The second-order valence-corrected chi connectivity index (χ2v) is 4.38. The number of nitrogen functional groups attached to an aromatic ring is 1. The Morgan fingerprint density at radius 3 is 3.11 bits per heavy atom. The molecule has 1 aliphatic rings. The van der Waals surface area contributed by atoms with Crippen molar-refractivity contribution in [1.29, 1.82) is 0 Å². The van der Waals surface area contributed by atoms with Crippen LogP contribution in [0.2, 0.25) is 0 Å². The average molecular weight is 265 g/mol. The lowest BCUT2D eigenvalue weighted by molar-refractivity contribution is -0.124. The fourth-order valence-electron chi connectivity index (χ4n) is 2.11. The van der Waals surface area contributed by atoms with E-state index in [9.17, 15) is 4.79 Å². The number of aromatic nitrogens is 2. The van der Waals surface area contributed by atoms with Crippen molar-refractivity contribution < 1.29 is 9.53 Å². The van der Waals surface area contributed by atoms with Crippen molar-refractivity contribution >= 4 is 17.5 Å². The number of nitrogens with one attached hydrogen (secondary N) is 1. The third-order valence-corrected chi connectivity index (χ3v) is 2.92. The first-order valence-electron chi connectivity index (χ1n) is 6.35. The van der Waals surface area contributed by atoms with Crippen LogP contribution < -0.4 is 16.0 Å². The normalized spacial score (nSPS) is 19.3. The largest absolute Gasteiger partial charge is 0.384 e. The minimum Gasteiger partial charge on any atom is -0.384 e. The summed E-state index contributed by atoms with van der Waals surface area (Å²) in [5.41, 5.74) is 5.74. The lowest BCUT2D eigenvalue weighted by Crippen LogP contribution is -2.54. The minimum absolute atomic E-state index is 0.0583. The van der Waals surface area contributed by atoms with Gasteiger partial charge in [0.1, 0.15) is 23.5 Å². The van der Waals surface area contributed by atoms with Crippen LogP contribution in [-0.4, -0.2) is 48.2 Å². The number of hydrogen-bond acceptors (Lipinski definition) is 6. The van der Waals surface area contributed by atoms with E-state index in [0.29, 0.717) is 43.8 Å². The van der Waals surface area contributed by atoms with Crippen molar-refractivity contribution in [2.24, 2.45) is 0 Å². The number of ether oxygens (including phenoxy) is 1. The lowest BCUT2D eigenvalue weighted by atomic mass is 10.2. The zero-order valence-corrected chi connectivity index (χ0v) is 11.2. The summed E-state index contributed by atoms with van der Waals surface area (Å²) in [6.45, 7) is 5.79. The standard InChI is InChI=1S/C12H19N5O2/c1-3-14-12(18)9-7-19-5-4-17(9)11-6-10(13)15-8(2)16-11/h6,9H,3-5,7H2,1-2H3,(H,14,18)(H2,13,15,16). The van der Waals surface area contributed by atoms with Gasteiger partial charge in [-0.25, -0.2) is 9.97 Å². The van der Waals surface area contributed by atoms with Crippen molar-refractivity contribution in [3.8, 4) is 0 Å². The summed E-state index contributed by atoms with van der Waals surface area (Å²) < 4.78 is 5.38. The maximum Gasteiger partial charge on any atom is 0.245 e. The number of carbonyl (C=O) groups excluding carboxylic acids is 1. The first-order valence-corrected chi connectivity index (χ1v) is 6.35. The van der Waals surface area contributed by atoms with Crippen LogP contribution in [0.25, 0.3) is 0 Å². The van der Waals surface area contributed by atoms with Crippen LogP contribution in [0.1, 0.15) is 12.7 Å². The Hall–Kier alpha value is -1.89. The number of likely N-dealkylation sites (N-methyl/N-ethyl adjacent to an activating group) is 1. The third-order valence-electron chi connectivity index (χ3n) is 2.92. The Labute approximate surface area is 112 Å².